The summed E-state index contributed by atoms with van der Waals surface area (Å²) in [6, 6.07) is 10.9. The van der Waals surface area contributed by atoms with Crippen LogP contribution in [0.4, 0.5) is 15.9 Å². The molecule has 4 rings (SSSR count). The molecule has 1 aliphatic rings. The van der Waals surface area contributed by atoms with Gasteiger partial charge in [-0.1, -0.05) is 24.3 Å². The van der Waals surface area contributed by atoms with Crippen LogP contribution in [0.3, 0.4) is 0 Å². The Balaban J connectivity index is 1.76. The molecule has 0 aliphatic carbocycles. The van der Waals surface area contributed by atoms with Gasteiger partial charge in [-0.05, 0) is 56.4 Å². The number of fused-ring (bicyclic) bond motifs is 1. The van der Waals surface area contributed by atoms with Crippen LogP contribution >= 0.6 is 0 Å². The number of rotatable bonds is 3. The Hall–Kier alpha value is -2.95. The van der Waals surface area contributed by atoms with Crippen LogP contribution in [0, 0.1) is 19.7 Å². The van der Waals surface area contributed by atoms with Crippen molar-refractivity contribution in [3.05, 3.63) is 65.1 Å². The fourth-order valence-corrected chi connectivity index (χ4v) is 3.82. The highest BCUT2D eigenvalue weighted by molar-refractivity contribution is 6.10. The molecule has 0 bridgehead atoms. The van der Waals surface area contributed by atoms with Crippen molar-refractivity contribution in [2.45, 2.75) is 33.1 Å². The van der Waals surface area contributed by atoms with Crippen molar-refractivity contribution in [1.29, 1.82) is 0 Å². The van der Waals surface area contributed by atoms with Crippen molar-refractivity contribution in [2.24, 2.45) is 0 Å². The van der Waals surface area contributed by atoms with Gasteiger partial charge in [0, 0.05) is 35.7 Å². The number of nitrogens with zero attached hydrogens (tertiary/aromatic N) is 2. The summed E-state index contributed by atoms with van der Waals surface area (Å²) in [5, 5.41) is 4.98. The maximum atomic E-state index is 13.9. The number of likely N-dealkylation sites (tertiary alicyclic amines) is 1. The Morgan fingerprint density at radius 2 is 1.86 bits per heavy atom. The second-order valence-electron chi connectivity index (χ2n) is 7.46. The van der Waals surface area contributed by atoms with Crippen molar-refractivity contribution < 1.29 is 9.18 Å². The van der Waals surface area contributed by atoms with Crippen LogP contribution in [0.5, 0.6) is 0 Å². The zero-order valence-electron chi connectivity index (χ0n) is 16.3. The minimum Gasteiger partial charge on any atom is -0.340 e. The predicted octanol–water partition coefficient (Wildman–Crippen LogP) is 5.36. The molecule has 144 valence electrons. The largest absolute Gasteiger partial charge is 0.340 e. The zero-order valence-corrected chi connectivity index (χ0v) is 16.3. The Bertz CT molecular complexity index is 1040. The number of nitrogens with one attached hydrogen (secondary N) is 1. The van der Waals surface area contributed by atoms with Crippen molar-refractivity contribution in [2.75, 3.05) is 18.4 Å². The molecule has 4 nitrogen and oxygen atoms in total. The van der Waals surface area contributed by atoms with Gasteiger partial charge in [-0.15, -0.1) is 0 Å². The van der Waals surface area contributed by atoms with Gasteiger partial charge in [0.15, 0.2) is 0 Å². The van der Waals surface area contributed by atoms with Crippen LogP contribution in [-0.2, 0) is 0 Å². The van der Waals surface area contributed by atoms with E-state index < -0.39 is 0 Å². The van der Waals surface area contributed by atoms with Crippen molar-refractivity contribution in [1.82, 2.24) is 9.88 Å². The van der Waals surface area contributed by atoms with E-state index in [2.05, 4.69) is 10.3 Å². The predicted molar refractivity (Wildman–Crippen MR) is 111 cm³/mol. The molecule has 2 aromatic carbocycles. The lowest BCUT2D eigenvalue weighted by atomic mass is 10.00. The molecule has 1 fully saturated rings. The van der Waals surface area contributed by atoms with Crippen LogP contribution in [0.15, 0.2) is 42.6 Å². The van der Waals surface area contributed by atoms with Gasteiger partial charge in [-0.2, -0.15) is 0 Å². The smallest absolute Gasteiger partial charge is 0.256 e. The molecule has 5 heteroatoms. The Morgan fingerprint density at radius 3 is 2.61 bits per heavy atom. The van der Waals surface area contributed by atoms with E-state index in [1.807, 2.05) is 36.1 Å². The maximum absolute atomic E-state index is 13.9. The number of benzene rings is 2. The molecule has 1 N–H and O–H groups in total. The third kappa shape index (κ3) is 3.44. The highest BCUT2D eigenvalue weighted by Crippen LogP contribution is 2.31. The summed E-state index contributed by atoms with van der Waals surface area (Å²) < 4.78 is 13.9. The maximum Gasteiger partial charge on any atom is 0.256 e. The lowest BCUT2D eigenvalue weighted by Gasteiger charge is -2.27. The summed E-state index contributed by atoms with van der Waals surface area (Å²) in [5.74, 6) is 0.402. The number of hydrogen-bond donors (Lipinski definition) is 1. The quantitative estimate of drug-likeness (QED) is 0.668. The third-order valence-electron chi connectivity index (χ3n) is 5.43. The fourth-order valence-electron chi connectivity index (χ4n) is 3.82. The number of piperidine rings is 1. The molecule has 0 unspecified atom stereocenters. The van der Waals surface area contributed by atoms with Gasteiger partial charge in [-0.3, -0.25) is 4.79 Å². The molecule has 1 amide bonds. The molecule has 0 saturated carbocycles. The molecular formula is C23H24FN3O. The Labute approximate surface area is 164 Å². The molecule has 1 aromatic heterocycles. The van der Waals surface area contributed by atoms with Crippen molar-refractivity contribution in [3.63, 3.8) is 0 Å². The number of carbonyl (C=O) groups is 1. The van der Waals surface area contributed by atoms with Crippen molar-refractivity contribution >= 4 is 28.2 Å². The minimum atomic E-state index is -0.262. The van der Waals surface area contributed by atoms with Crippen molar-refractivity contribution in [3.8, 4) is 0 Å². The van der Waals surface area contributed by atoms with E-state index in [-0.39, 0.29) is 11.7 Å². The molecular weight excluding hydrogens is 353 g/mol. The second-order valence-corrected chi connectivity index (χ2v) is 7.46. The van der Waals surface area contributed by atoms with Crippen LogP contribution in [0.2, 0.25) is 0 Å². The number of hydrogen-bond acceptors (Lipinski definition) is 3. The van der Waals surface area contributed by atoms with Crippen LogP contribution < -0.4 is 5.32 Å². The number of aromatic nitrogens is 1. The molecule has 0 spiro atoms. The summed E-state index contributed by atoms with van der Waals surface area (Å²) in [4.78, 5) is 19.6. The van der Waals surface area contributed by atoms with E-state index in [1.165, 1.54) is 12.5 Å². The lowest BCUT2D eigenvalue weighted by molar-refractivity contribution is 0.0726. The number of carbonyl (C=O) groups excluding carboxylic acids is 1. The number of pyridine rings is 1. The average molecular weight is 377 g/mol. The van der Waals surface area contributed by atoms with Gasteiger partial charge in [0.25, 0.3) is 5.91 Å². The average Bonchev–Trinajstić information content (AvgIpc) is 2.71. The normalized spacial score (nSPS) is 14.3. The number of amides is 1. The Morgan fingerprint density at radius 1 is 1.07 bits per heavy atom. The first-order valence-electron chi connectivity index (χ1n) is 9.75. The molecule has 28 heavy (non-hydrogen) atoms. The summed E-state index contributed by atoms with van der Waals surface area (Å²) in [6.45, 7) is 5.34. The van der Waals surface area contributed by atoms with Crippen LogP contribution in [0.25, 0.3) is 10.8 Å². The van der Waals surface area contributed by atoms with Crippen LogP contribution in [-0.4, -0.2) is 28.9 Å². The molecule has 1 aliphatic heterocycles. The first kappa shape index (κ1) is 18.4. The zero-order chi connectivity index (χ0) is 19.7. The molecule has 1 saturated heterocycles. The highest BCUT2D eigenvalue weighted by Gasteiger charge is 2.22. The van der Waals surface area contributed by atoms with Gasteiger partial charge in [0.1, 0.15) is 11.6 Å². The van der Waals surface area contributed by atoms with Crippen LogP contribution in [0.1, 0.15) is 40.7 Å². The van der Waals surface area contributed by atoms with Gasteiger partial charge >= 0.3 is 0 Å². The summed E-state index contributed by atoms with van der Waals surface area (Å²) >= 11 is 0. The van der Waals surface area contributed by atoms with Gasteiger partial charge < -0.3 is 10.2 Å². The summed E-state index contributed by atoms with van der Waals surface area (Å²) in [6.07, 6.45) is 4.93. The number of halogens is 1. The summed E-state index contributed by atoms with van der Waals surface area (Å²) in [7, 11) is 0. The highest BCUT2D eigenvalue weighted by atomic mass is 19.1. The van der Waals surface area contributed by atoms with E-state index >= 15 is 0 Å². The molecule has 0 atom stereocenters. The summed E-state index contributed by atoms with van der Waals surface area (Å²) in [5.41, 5.74) is 2.89. The first-order valence-corrected chi connectivity index (χ1v) is 9.75. The van der Waals surface area contributed by atoms with Gasteiger partial charge in [0.2, 0.25) is 0 Å². The standard InChI is InChI=1S/C23H24FN3O/c1-15-9-10-17(13-20(15)24)26-22-18-8-6-7-16(2)21(18)19(14-25-22)23(28)27-11-4-3-5-12-27/h6-10,13-14H,3-5,11-12H2,1-2H3,(H,25,26). The van der Waals surface area contributed by atoms with E-state index in [1.54, 1.807) is 19.2 Å². The lowest BCUT2D eigenvalue weighted by Crippen LogP contribution is -2.35. The number of anilines is 2. The molecule has 3 aromatic rings. The third-order valence-corrected chi connectivity index (χ3v) is 5.43. The second kappa shape index (κ2) is 7.58. The fraction of sp³-hybridized carbons (Fsp3) is 0.304. The van der Waals surface area contributed by atoms with E-state index in [4.69, 9.17) is 0 Å². The molecule has 2 heterocycles. The van der Waals surface area contributed by atoms with E-state index in [9.17, 15) is 9.18 Å². The SMILES string of the molecule is Cc1ccc(Nc2ncc(C(=O)N3CCCCC3)c3c(C)cccc23)cc1F. The van der Waals surface area contributed by atoms with E-state index in [0.717, 1.165) is 42.3 Å². The minimum absolute atomic E-state index is 0.0411. The number of aryl methyl sites for hydroxylation is 2. The first-order chi connectivity index (χ1) is 13.5. The Kier molecular flexibility index (Phi) is 4.99. The monoisotopic (exact) mass is 377 g/mol. The van der Waals surface area contributed by atoms with Gasteiger partial charge in [0.05, 0.1) is 5.56 Å². The molecule has 0 radical (unpaired) electrons. The van der Waals surface area contributed by atoms with Gasteiger partial charge in [-0.25, -0.2) is 9.37 Å². The van der Waals surface area contributed by atoms with E-state index in [0.29, 0.717) is 22.6 Å². The topological polar surface area (TPSA) is 45.2 Å².